The van der Waals surface area contributed by atoms with E-state index in [1.807, 2.05) is 6.08 Å². The highest BCUT2D eigenvalue weighted by Gasteiger charge is 2.15. The predicted octanol–water partition coefficient (Wildman–Crippen LogP) is 1.40. The van der Waals surface area contributed by atoms with Gasteiger partial charge < -0.3 is 9.88 Å². The number of aromatic nitrogens is 3. The molecule has 1 aromatic rings. The molecule has 1 saturated heterocycles. The Bertz CT molecular complexity index is 324. The van der Waals surface area contributed by atoms with E-state index in [-0.39, 0.29) is 0 Å². The Hall–Kier alpha value is -1.16. The molecule has 1 fully saturated rings. The van der Waals surface area contributed by atoms with Crippen LogP contribution in [0.25, 0.3) is 0 Å². The number of hydrogen-bond acceptors (Lipinski definition) is 3. The summed E-state index contributed by atoms with van der Waals surface area (Å²) in [6.07, 6.45) is 8.57. The Kier molecular flexibility index (Phi) is 4.10. The van der Waals surface area contributed by atoms with Gasteiger partial charge in [0.05, 0.1) is 0 Å². The van der Waals surface area contributed by atoms with E-state index in [1.165, 1.54) is 19.3 Å². The predicted molar refractivity (Wildman–Crippen MR) is 64.1 cm³/mol. The van der Waals surface area contributed by atoms with Crippen molar-refractivity contribution in [1.29, 1.82) is 0 Å². The Morgan fingerprint density at radius 2 is 2.44 bits per heavy atom. The summed E-state index contributed by atoms with van der Waals surface area (Å²) in [4.78, 5) is 0. The van der Waals surface area contributed by atoms with Gasteiger partial charge in [-0.25, -0.2) is 0 Å². The van der Waals surface area contributed by atoms with E-state index in [2.05, 4.69) is 26.7 Å². The van der Waals surface area contributed by atoms with Crippen LogP contribution < -0.4 is 5.32 Å². The molecular formula is C12H20N4. The summed E-state index contributed by atoms with van der Waals surface area (Å²) in [5.74, 6) is 1.86. The molecule has 0 bridgehead atoms. The number of hydrogen-bond donors (Lipinski definition) is 1. The molecule has 0 saturated carbocycles. The van der Waals surface area contributed by atoms with Gasteiger partial charge >= 0.3 is 0 Å². The SMILES string of the molecule is C=CCn1cnnc1CC1CCCNCC1. The molecule has 1 aliphatic rings. The summed E-state index contributed by atoms with van der Waals surface area (Å²) >= 11 is 0. The minimum atomic E-state index is 0.753. The zero-order chi connectivity index (χ0) is 11.2. The van der Waals surface area contributed by atoms with E-state index in [4.69, 9.17) is 0 Å². The van der Waals surface area contributed by atoms with E-state index < -0.39 is 0 Å². The third kappa shape index (κ3) is 2.92. The third-order valence-corrected chi connectivity index (χ3v) is 3.19. The first-order valence-electron chi connectivity index (χ1n) is 6.08. The largest absolute Gasteiger partial charge is 0.317 e. The number of nitrogens with zero attached hydrogens (tertiary/aromatic N) is 3. The van der Waals surface area contributed by atoms with Gasteiger partial charge in [-0.1, -0.05) is 6.08 Å². The van der Waals surface area contributed by atoms with E-state index in [1.54, 1.807) is 6.33 Å². The summed E-state index contributed by atoms with van der Waals surface area (Å²) < 4.78 is 2.09. The molecule has 1 aliphatic heterocycles. The van der Waals surface area contributed by atoms with Crippen LogP contribution in [0.4, 0.5) is 0 Å². The summed E-state index contributed by atoms with van der Waals surface area (Å²) in [5, 5.41) is 11.6. The molecule has 4 nitrogen and oxygen atoms in total. The molecule has 0 aromatic carbocycles. The average Bonchev–Trinajstić information content (AvgIpc) is 2.56. The highest BCUT2D eigenvalue weighted by atomic mass is 15.3. The van der Waals surface area contributed by atoms with Gasteiger partial charge in [-0.2, -0.15) is 0 Å². The lowest BCUT2D eigenvalue weighted by atomic mass is 9.96. The monoisotopic (exact) mass is 220 g/mol. The van der Waals surface area contributed by atoms with E-state index in [0.29, 0.717) is 0 Å². The van der Waals surface area contributed by atoms with Crippen molar-refractivity contribution >= 4 is 0 Å². The maximum atomic E-state index is 4.20. The van der Waals surface area contributed by atoms with E-state index in [9.17, 15) is 0 Å². The minimum absolute atomic E-state index is 0.753. The number of allylic oxidation sites excluding steroid dienone is 1. The van der Waals surface area contributed by atoms with Crippen molar-refractivity contribution in [2.24, 2.45) is 5.92 Å². The fourth-order valence-corrected chi connectivity index (χ4v) is 2.28. The summed E-state index contributed by atoms with van der Waals surface area (Å²) in [5.41, 5.74) is 0. The van der Waals surface area contributed by atoms with Crippen molar-refractivity contribution in [1.82, 2.24) is 20.1 Å². The molecule has 1 unspecified atom stereocenters. The van der Waals surface area contributed by atoms with Gasteiger partial charge in [0.1, 0.15) is 12.2 Å². The van der Waals surface area contributed by atoms with Crippen molar-refractivity contribution in [2.45, 2.75) is 32.2 Å². The van der Waals surface area contributed by atoms with E-state index >= 15 is 0 Å². The second-order valence-corrected chi connectivity index (χ2v) is 4.44. The molecule has 0 radical (unpaired) electrons. The molecule has 1 N–H and O–H groups in total. The number of rotatable bonds is 4. The van der Waals surface area contributed by atoms with Gasteiger partial charge in [0.25, 0.3) is 0 Å². The van der Waals surface area contributed by atoms with Gasteiger partial charge in [-0.3, -0.25) is 0 Å². The van der Waals surface area contributed by atoms with Crippen LogP contribution in [0.2, 0.25) is 0 Å². The fraction of sp³-hybridized carbons (Fsp3) is 0.667. The summed E-state index contributed by atoms with van der Waals surface area (Å²) in [6, 6.07) is 0. The molecule has 0 spiro atoms. The van der Waals surface area contributed by atoms with Crippen LogP contribution in [0, 0.1) is 5.92 Å². The Labute approximate surface area is 96.8 Å². The lowest BCUT2D eigenvalue weighted by molar-refractivity contribution is 0.451. The second kappa shape index (κ2) is 5.80. The highest BCUT2D eigenvalue weighted by molar-refractivity contribution is 4.91. The summed E-state index contributed by atoms with van der Waals surface area (Å²) in [7, 11) is 0. The topological polar surface area (TPSA) is 42.7 Å². The molecule has 2 rings (SSSR count). The average molecular weight is 220 g/mol. The van der Waals surface area contributed by atoms with Gasteiger partial charge in [-0.15, -0.1) is 16.8 Å². The Morgan fingerprint density at radius 1 is 1.50 bits per heavy atom. The van der Waals surface area contributed by atoms with Gasteiger partial charge in [0.2, 0.25) is 0 Å². The van der Waals surface area contributed by atoms with Gasteiger partial charge in [0.15, 0.2) is 0 Å². The molecule has 1 atom stereocenters. The highest BCUT2D eigenvalue weighted by Crippen LogP contribution is 2.18. The first-order chi connectivity index (χ1) is 7.90. The van der Waals surface area contributed by atoms with Crippen LogP contribution in [0.1, 0.15) is 25.1 Å². The lowest BCUT2D eigenvalue weighted by Crippen LogP contribution is -2.15. The number of nitrogens with one attached hydrogen (secondary N) is 1. The van der Waals surface area contributed by atoms with Crippen molar-refractivity contribution in [3.63, 3.8) is 0 Å². The Morgan fingerprint density at radius 3 is 3.31 bits per heavy atom. The van der Waals surface area contributed by atoms with Gasteiger partial charge in [0, 0.05) is 13.0 Å². The van der Waals surface area contributed by atoms with Crippen LogP contribution in [-0.4, -0.2) is 27.9 Å². The van der Waals surface area contributed by atoms with Crippen LogP contribution in [0.5, 0.6) is 0 Å². The normalized spacial score (nSPS) is 21.6. The fourth-order valence-electron chi connectivity index (χ4n) is 2.28. The van der Waals surface area contributed by atoms with E-state index in [0.717, 1.165) is 37.8 Å². The maximum absolute atomic E-state index is 4.20. The Balaban J connectivity index is 1.95. The zero-order valence-electron chi connectivity index (χ0n) is 9.73. The zero-order valence-corrected chi connectivity index (χ0v) is 9.73. The minimum Gasteiger partial charge on any atom is -0.317 e. The van der Waals surface area contributed by atoms with Crippen LogP contribution in [0.15, 0.2) is 19.0 Å². The third-order valence-electron chi connectivity index (χ3n) is 3.19. The van der Waals surface area contributed by atoms with Crippen LogP contribution in [0.3, 0.4) is 0 Å². The first-order valence-corrected chi connectivity index (χ1v) is 6.08. The first kappa shape index (κ1) is 11.3. The maximum Gasteiger partial charge on any atom is 0.133 e. The smallest absolute Gasteiger partial charge is 0.133 e. The quantitative estimate of drug-likeness (QED) is 0.780. The molecule has 2 heterocycles. The summed E-state index contributed by atoms with van der Waals surface area (Å²) in [6.45, 7) is 6.87. The second-order valence-electron chi connectivity index (χ2n) is 4.44. The van der Waals surface area contributed by atoms with Crippen molar-refractivity contribution < 1.29 is 0 Å². The standard InChI is InChI=1S/C12H20N4/c1-2-8-16-10-14-15-12(16)9-11-4-3-6-13-7-5-11/h2,10-11,13H,1,3-9H2. The van der Waals surface area contributed by atoms with Crippen LogP contribution in [-0.2, 0) is 13.0 Å². The molecule has 1 aromatic heterocycles. The molecule has 4 heteroatoms. The van der Waals surface area contributed by atoms with Gasteiger partial charge in [-0.05, 0) is 38.3 Å². The molecule has 88 valence electrons. The van der Waals surface area contributed by atoms with Crippen molar-refractivity contribution in [3.8, 4) is 0 Å². The van der Waals surface area contributed by atoms with Crippen molar-refractivity contribution in [3.05, 3.63) is 24.8 Å². The van der Waals surface area contributed by atoms with Crippen molar-refractivity contribution in [2.75, 3.05) is 13.1 Å². The van der Waals surface area contributed by atoms with Crippen LogP contribution >= 0.6 is 0 Å². The molecule has 0 aliphatic carbocycles. The lowest BCUT2D eigenvalue weighted by Gasteiger charge is -2.13. The molecular weight excluding hydrogens is 200 g/mol. The molecule has 0 amide bonds. The molecule has 16 heavy (non-hydrogen) atoms.